The molecule has 10 heteroatoms. The van der Waals surface area contributed by atoms with Crippen molar-refractivity contribution in [2.45, 2.75) is 0 Å². The van der Waals surface area contributed by atoms with Gasteiger partial charge in [-0.25, -0.2) is 0 Å². The highest BCUT2D eigenvalue weighted by atomic mass is 35.5. The molecule has 1 fully saturated rings. The largest absolute Gasteiger partial charge is 0.495 e. The van der Waals surface area contributed by atoms with Crippen LogP contribution in [0, 0.1) is 0 Å². The maximum absolute atomic E-state index is 12.8. The Bertz CT molecular complexity index is 977. The van der Waals surface area contributed by atoms with Crippen LogP contribution < -0.4 is 24.3 Å². The van der Waals surface area contributed by atoms with Crippen molar-refractivity contribution in [3.8, 4) is 23.0 Å². The van der Waals surface area contributed by atoms with Crippen LogP contribution in [-0.4, -0.2) is 71.0 Å². The summed E-state index contributed by atoms with van der Waals surface area (Å²) in [7, 11) is 4.43. The fraction of sp³-hybridized carbons (Fsp3) is 0.364. The molecular formula is C22H25ClN2O7. The van der Waals surface area contributed by atoms with Crippen LogP contribution in [0.4, 0.5) is 5.69 Å². The quantitative estimate of drug-likeness (QED) is 0.641. The summed E-state index contributed by atoms with van der Waals surface area (Å²) in [5, 5.41) is 3.09. The molecule has 3 rings (SSSR count). The van der Waals surface area contributed by atoms with E-state index in [1.807, 2.05) is 0 Å². The number of nitrogens with one attached hydrogen (secondary N) is 1. The lowest BCUT2D eigenvalue weighted by Gasteiger charge is -2.26. The van der Waals surface area contributed by atoms with Crippen LogP contribution >= 0.6 is 11.6 Å². The predicted molar refractivity (Wildman–Crippen MR) is 118 cm³/mol. The van der Waals surface area contributed by atoms with Crippen molar-refractivity contribution in [1.82, 2.24) is 4.90 Å². The number of nitrogens with zero attached hydrogens (tertiary/aromatic N) is 1. The zero-order valence-electron chi connectivity index (χ0n) is 18.1. The molecule has 2 aromatic carbocycles. The van der Waals surface area contributed by atoms with Gasteiger partial charge in [-0.3, -0.25) is 9.59 Å². The maximum atomic E-state index is 12.8. The Morgan fingerprint density at radius 2 is 1.66 bits per heavy atom. The summed E-state index contributed by atoms with van der Waals surface area (Å²) in [6.07, 6.45) is 0. The molecule has 1 N–H and O–H groups in total. The molecule has 0 unspecified atom stereocenters. The number of carbonyl (C=O) groups is 2. The van der Waals surface area contributed by atoms with E-state index in [9.17, 15) is 9.59 Å². The first kappa shape index (κ1) is 23.5. The average Bonchev–Trinajstić information content (AvgIpc) is 2.83. The minimum Gasteiger partial charge on any atom is -0.495 e. The zero-order chi connectivity index (χ0) is 23.1. The normalized spacial score (nSPS) is 13.3. The summed E-state index contributed by atoms with van der Waals surface area (Å²) >= 11 is 6.17. The molecule has 172 valence electrons. The fourth-order valence-electron chi connectivity index (χ4n) is 3.12. The topological polar surface area (TPSA) is 95.6 Å². The number of rotatable bonds is 8. The van der Waals surface area contributed by atoms with E-state index in [4.69, 9.17) is 35.3 Å². The number of halogens is 1. The maximum Gasteiger partial charge on any atom is 0.260 e. The summed E-state index contributed by atoms with van der Waals surface area (Å²) < 4.78 is 26.7. The molecule has 0 spiro atoms. The highest BCUT2D eigenvalue weighted by Crippen LogP contribution is 2.36. The summed E-state index contributed by atoms with van der Waals surface area (Å²) in [5.74, 6) is 0.965. The van der Waals surface area contributed by atoms with Gasteiger partial charge < -0.3 is 33.9 Å². The number of amides is 2. The summed E-state index contributed by atoms with van der Waals surface area (Å²) in [5.41, 5.74) is 0.710. The van der Waals surface area contributed by atoms with E-state index in [1.54, 1.807) is 29.2 Å². The molecule has 2 amide bonds. The van der Waals surface area contributed by atoms with Gasteiger partial charge in [-0.15, -0.1) is 0 Å². The van der Waals surface area contributed by atoms with E-state index in [0.29, 0.717) is 65.6 Å². The molecule has 2 aromatic rings. The molecule has 1 aliphatic heterocycles. The Hall–Kier alpha value is -3.17. The van der Waals surface area contributed by atoms with Crippen molar-refractivity contribution >= 4 is 29.1 Å². The standard InChI is InChI=1S/C22H25ClN2O7/c1-28-18-12-19(29-2)16(11-15(18)23)24-22(27)14-4-5-17(20(10-14)30-3)32-13-21(26)25-6-8-31-9-7-25/h4-5,10-12H,6-9,13H2,1-3H3,(H,24,27). The monoisotopic (exact) mass is 464 g/mol. The van der Waals surface area contributed by atoms with Crippen molar-refractivity contribution in [1.29, 1.82) is 0 Å². The van der Waals surface area contributed by atoms with Crippen molar-refractivity contribution in [3.63, 3.8) is 0 Å². The minimum absolute atomic E-state index is 0.135. The Labute approximate surface area is 191 Å². The van der Waals surface area contributed by atoms with Crippen LogP contribution in [0.3, 0.4) is 0 Å². The molecular weight excluding hydrogens is 440 g/mol. The molecule has 0 saturated carbocycles. The van der Waals surface area contributed by atoms with Gasteiger partial charge in [0.05, 0.1) is 45.3 Å². The lowest BCUT2D eigenvalue weighted by Crippen LogP contribution is -2.43. The molecule has 0 radical (unpaired) electrons. The van der Waals surface area contributed by atoms with Crippen molar-refractivity contribution < 1.29 is 33.3 Å². The Balaban J connectivity index is 1.70. The third kappa shape index (κ3) is 5.54. The van der Waals surface area contributed by atoms with Gasteiger partial charge in [-0.2, -0.15) is 0 Å². The minimum atomic E-state index is -0.404. The second-order valence-electron chi connectivity index (χ2n) is 6.79. The Morgan fingerprint density at radius 1 is 0.969 bits per heavy atom. The van der Waals surface area contributed by atoms with Crippen LogP contribution in [0.2, 0.25) is 5.02 Å². The van der Waals surface area contributed by atoms with E-state index in [2.05, 4.69) is 5.32 Å². The van der Waals surface area contributed by atoms with Crippen molar-refractivity contribution in [2.24, 2.45) is 0 Å². The number of hydrogen-bond donors (Lipinski definition) is 1. The highest BCUT2D eigenvalue weighted by molar-refractivity contribution is 6.32. The molecule has 0 aliphatic carbocycles. The molecule has 1 aliphatic rings. The predicted octanol–water partition coefficient (Wildman–Crippen LogP) is 2.86. The van der Waals surface area contributed by atoms with E-state index in [0.717, 1.165) is 0 Å². The van der Waals surface area contributed by atoms with Gasteiger partial charge in [-0.05, 0) is 24.3 Å². The Morgan fingerprint density at radius 3 is 2.31 bits per heavy atom. The first-order chi connectivity index (χ1) is 15.5. The van der Waals surface area contributed by atoms with Crippen molar-refractivity contribution in [3.05, 3.63) is 40.9 Å². The van der Waals surface area contributed by atoms with Gasteiger partial charge in [0.15, 0.2) is 18.1 Å². The summed E-state index contributed by atoms with van der Waals surface area (Å²) in [6.45, 7) is 1.98. The first-order valence-corrected chi connectivity index (χ1v) is 10.2. The third-order valence-corrected chi connectivity index (χ3v) is 5.16. The molecule has 0 bridgehead atoms. The number of morpholine rings is 1. The van der Waals surface area contributed by atoms with Crippen LogP contribution in [0.15, 0.2) is 30.3 Å². The van der Waals surface area contributed by atoms with E-state index < -0.39 is 5.91 Å². The van der Waals surface area contributed by atoms with Crippen LogP contribution in [-0.2, 0) is 9.53 Å². The van der Waals surface area contributed by atoms with Gasteiger partial charge in [0.2, 0.25) is 0 Å². The number of benzene rings is 2. The molecule has 32 heavy (non-hydrogen) atoms. The lowest BCUT2D eigenvalue weighted by atomic mass is 10.1. The Kier molecular flexibility index (Phi) is 8.02. The van der Waals surface area contributed by atoms with Crippen LogP contribution in [0.5, 0.6) is 23.0 Å². The zero-order valence-corrected chi connectivity index (χ0v) is 18.9. The molecule has 1 heterocycles. The smallest absolute Gasteiger partial charge is 0.260 e. The van der Waals surface area contributed by atoms with Gasteiger partial charge in [-0.1, -0.05) is 11.6 Å². The highest BCUT2D eigenvalue weighted by Gasteiger charge is 2.19. The lowest BCUT2D eigenvalue weighted by molar-refractivity contribution is -0.137. The van der Waals surface area contributed by atoms with Gasteiger partial charge >= 0.3 is 0 Å². The second-order valence-corrected chi connectivity index (χ2v) is 7.20. The molecule has 1 saturated heterocycles. The molecule has 0 atom stereocenters. The summed E-state index contributed by atoms with van der Waals surface area (Å²) in [6, 6.07) is 7.81. The second kappa shape index (κ2) is 10.9. The third-order valence-electron chi connectivity index (χ3n) is 4.86. The van der Waals surface area contributed by atoms with E-state index >= 15 is 0 Å². The van der Waals surface area contributed by atoms with E-state index in [-0.39, 0.29) is 12.5 Å². The van der Waals surface area contributed by atoms with Crippen LogP contribution in [0.1, 0.15) is 10.4 Å². The number of hydrogen-bond acceptors (Lipinski definition) is 7. The molecule has 9 nitrogen and oxygen atoms in total. The van der Waals surface area contributed by atoms with Gasteiger partial charge in [0.1, 0.15) is 11.5 Å². The van der Waals surface area contributed by atoms with Gasteiger partial charge in [0.25, 0.3) is 11.8 Å². The number of methoxy groups -OCH3 is 3. The van der Waals surface area contributed by atoms with Crippen LogP contribution in [0.25, 0.3) is 0 Å². The number of carbonyl (C=O) groups excluding carboxylic acids is 2. The van der Waals surface area contributed by atoms with E-state index in [1.165, 1.54) is 27.4 Å². The number of ether oxygens (including phenoxy) is 5. The fourth-order valence-corrected chi connectivity index (χ4v) is 3.36. The van der Waals surface area contributed by atoms with Gasteiger partial charge in [0, 0.05) is 24.7 Å². The summed E-state index contributed by atoms with van der Waals surface area (Å²) in [4.78, 5) is 26.8. The SMILES string of the molecule is COc1cc(OC)c(NC(=O)c2ccc(OCC(=O)N3CCOCC3)c(OC)c2)cc1Cl. The van der Waals surface area contributed by atoms with Crippen molar-refractivity contribution in [2.75, 3.05) is 59.6 Å². The molecule has 0 aromatic heterocycles. The first-order valence-electron chi connectivity index (χ1n) is 9.86. The number of anilines is 1. The average molecular weight is 465 g/mol.